The fourth-order valence-electron chi connectivity index (χ4n) is 3.18. The molecule has 1 saturated heterocycles. The zero-order chi connectivity index (χ0) is 19.3. The Hall–Kier alpha value is -2.83. The summed E-state index contributed by atoms with van der Waals surface area (Å²) in [7, 11) is 0. The number of morpholine rings is 1. The Balaban J connectivity index is 1.35. The van der Waals surface area contributed by atoms with E-state index in [1.165, 1.54) is 0 Å². The Labute approximate surface area is 167 Å². The van der Waals surface area contributed by atoms with Gasteiger partial charge < -0.3 is 19.4 Å². The molecule has 0 bridgehead atoms. The van der Waals surface area contributed by atoms with Gasteiger partial charge in [-0.3, -0.25) is 9.78 Å². The molecule has 1 aliphatic heterocycles. The van der Waals surface area contributed by atoms with E-state index in [9.17, 15) is 4.79 Å². The minimum Gasteiger partial charge on any atom is -0.489 e. The largest absolute Gasteiger partial charge is 0.489 e. The van der Waals surface area contributed by atoms with Gasteiger partial charge in [0.15, 0.2) is 0 Å². The molecule has 1 atom stereocenters. The normalized spacial score (nSPS) is 17.3. The first-order valence-electron chi connectivity index (χ1n) is 9.07. The van der Waals surface area contributed by atoms with Gasteiger partial charge in [0.2, 0.25) is 5.91 Å². The van der Waals surface area contributed by atoms with Crippen LogP contribution in [0.5, 0.6) is 5.75 Å². The van der Waals surface area contributed by atoms with Gasteiger partial charge in [-0.05, 0) is 17.7 Å². The topological polar surface area (TPSA) is 67.5 Å². The molecule has 144 valence electrons. The Morgan fingerprint density at radius 1 is 1.39 bits per heavy atom. The second kappa shape index (κ2) is 8.46. The zero-order valence-corrected chi connectivity index (χ0v) is 15.9. The summed E-state index contributed by atoms with van der Waals surface area (Å²) in [6, 6.07) is 9.70. The fraction of sp³-hybridized carbons (Fsp3) is 0.238. The number of rotatable bonds is 5. The number of amides is 1. The fourth-order valence-corrected chi connectivity index (χ4v) is 3.34. The van der Waals surface area contributed by atoms with Crippen LogP contribution in [0.1, 0.15) is 5.56 Å². The summed E-state index contributed by atoms with van der Waals surface area (Å²) in [5.41, 5.74) is 2.04. The van der Waals surface area contributed by atoms with Gasteiger partial charge in [-0.1, -0.05) is 29.8 Å². The summed E-state index contributed by atoms with van der Waals surface area (Å²) < 4.78 is 11.4. The van der Waals surface area contributed by atoms with Gasteiger partial charge in [0.05, 0.1) is 24.4 Å². The van der Waals surface area contributed by atoms with Gasteiger partial charge in [0, 0.05) is 42.0 Å². The van der Waals surface area contributed by atoms with Gasteiger partial charge in [0.25, 0.3) is 0 Å². The summed E-state index contributed by atoms with van der Waals surface area (Å²) >= 11 is 5.91. The van der Waals surface area contributed by atoms with Crippen molar-refractivity contribution in [2.45, 2.75) is 6.10 Å². The Morgan fingerprint density at radius 3 is 3.18 bits per heavy atom. The van der Waals surface area contributed by atoms with Gasteiger partial charge in [-0.2, -0.15) is 0 Å². The summed E-state index contributed by atoms with van der Waals surface area (Å²) in [4.78, 5) is 21.6. The minimum atomic E-state index is -0.196. The number of para-hydroxylation sites is 1. The van der Waals surface area contributed by atoms with Crippen molar-refractivity contribution in [3.8, 4) is 5.75 Å². The van der Waals surface area contributed by atoms with E-state index in [0.29, 0.717) is 37.1 Å². The zero-order valence-electron chi connectivity index (χ0n) is 15.2. The quantitative estimate of drug-likeness (QED) is 0.669. The van der Waals surface area contributed by atoms with Crippen LogP contribution in [0.2, 0.25) is 5.02 Å². The van der Waals surface area contributed by atoms with Crippen LogP contribution < -0.4 is 4.74 Å². The third kappa shape index (κ3) is 4.35. The molecule has 28 heavy (non-hydrogen) atoms. The molecular formula is C21H20ClN3O3. The van der Waals surface area contributed by atoms with Crippen molar-refractivity contribution in [2.24, 2.45) is 0 Å². The number of pyridine rings is 1. The van der Waals surface area contributed by atoms with Crippen LogP contribution in [0.4, 0.5) is 0 Å². The van der Waals surface area contributed by atoms with Crippen molar-refractivity contribution in [2.75, 3.05) is 26.3 Å². The van der Waals surface area contributed by atoms with Crippen molar-refractivity contribution >= 4 is 34.5 Å². The van der Waals surface area contributed by atoms with E-state index in [2.05, 4.69) is 9.97 Å². The average molecular weight is 398 g/mol. The molecule has 1 N–H and O–H groups in total. The highest BCUT2D eigenvalue weighted by molar-refractivity contribution is 6.30. The molecule has 3 heterocycles. The molecule has 0 aliphatic carbocycles. The lowest BCUT2D eigenvalue weighted by atomic mass is 10.1. The molecule has 1 fully saturated rings. The molecule has 0 saturated carbocycles. The number of hydrogen-bond acceptors (Lipinski definition) is 4. The van der Waals surface area contributed by atoms with Gasteiger partial charge in [-0.15, -0.1) is 0 Å². The van der Waals surface area contributed by atoms with Crippen molar-refractivity contribution in [1.82, 2.24) is 14.9 Å². The van der Waals surface area contributed by atoms with Crippen LogP contribution in [-0.4, -0.2) is 53.2 Å². The van der Waals surface area contributed by atoms with Crippen LogP contribution in [0, 0.1) is 0 Å². The molecule has 1 amide bonds. The molecule has 1 unspecified atom stereocenters. The standard InChI is InChI=1S/C21H20ClN3O3/c22-16-9-17(12-23-11-16)28-14-18-13-25(7-8-27-18)21(26)6-5-15-10-24-20-4-2-1-3-19(15)20/h1-6,9-12,18,24H,7-8,13-14H2/b6-5+. The number of ether oxygens (including phenoxy) is 2. The minimum absolute atomic E-state index is 0.0389. The van der Waals surface area contributed by atoms with Crippen LogP contribution in [0.15, 0.2) is 55.0 Å². The maximum atomic E-state index is 12.6. The predicted octanol–water partition coefficient (Wildman–Crippen LogP) is 3.54. The number of hydrogen-bond donors (Lipinski definition) is 1. The summed E-state index contributed by atoms with van der Waals surface area (Å²) in [5.74, 6) is 0.543. The number of benzene rings is 1. The third-order valence-corrected chi connectivity index (χ3v) is 4.80. The van der Waals surface area contributed by atoms with Gasteiger partial charge >= 0.3 is 0 Å². The molecular weight excluding hydrogens is 378 g/mol. The number of aromatic nitrogens is 2. The molecule has 0 spiro atoms. The van der Waals surface area contributed by atoms with Crippen molar-refractivity contribution in [3.05, 3.63) is 65.6 Å². The Morgan fingerprint density at radius 2 is 2.29 bits per heavy atom. The van der Waals surface area contributed by atoms with E-state index < -0.39 is 0 Å². The van der Waals surface area contributed by atoms with Crippen LogP contribution in [-0.2, 0) is 9.53 Å². The maximum Gasteiger partial charge on any atom is 0.246 e. The second-order valence-corrected chi connectivity index (χ2v) is 6.99. The number of carbonyl (C=O) groups is 1. The Bertz CT molecular complexity index is 1000. The summed E-state index contributed by atoms with van der Waals surface area (Å²) in [6.45, 7) is 1.85. The average Bonchev–Trinajstić information content (AvgIpc) is 3.14. The highest BCUT2D eigenvalue weighted by atomic mass is 35.5. The number of carbonyl (C=O) groups excluding carboxylic acids is 1. The molecule has 0 radical (unpaired) electrons. The van der Waals surface area contributed by atoms with Gasteiger partial charge in [0.1, 0.15) is 18.5 Å². The van der Waals surface area contributed by atoms with Crippen LogP contribution in [0.3, 0.4) is 0 Å². The number of nitrogens with zero attached hydrogens (tertiary/aromatic N) is 2. The molecule has 1 aliphatic rings. The smallest absolute Gasteiger partial charge is 0.246 e. The van der Waals surface area contributed by atoms with Crippen LogP contribution >= 0.6 is 11.6 Å². The van der Waals surface area contributed by atoms with E-state index in [1.807, 2.05) is 36.5 Å². The number of H-pyrrole nitrogens is 1. The molecule has 4 rings (SSSR count). The molecule has 7 heteroatoms. The third-order valence-electron chi connectivity index (χ3n) is 4.59. The summed E-state index contributed by atoms with van der Waals surface area (Å²) in [6.07, 6.45) is 8.31. The van der Waals surface area contributed by atoms with E-state index in [-0.39, 0.29) is 12.0 Å². The van der Waals surface area contributed by atoms with E-state index in [1.54, 1.807) is 29.4 Å². The van der Waals surface area contributed by atoms with E-state index >= 15 is 0 Å². The monoisotopic (exact) mass is 397 g/mol. The number of nitrogens with one attached hydrogen (secondary N) is 1. The number of halogens is 1. The highest BCUT2D eigenvalue weighted by Crippen LogP contribution is 2.19. The molecule has 1 aromatic carbocycles. The predicted molar refractivity (Wildman–Crippen MR) is 108 cm³/mol. The lowest BCUT2D eigenvalue weighted by Gasteiger charge is -2.32. The van der Waals surface area contributed by atoms with Crippen molar-refractivity contribution < 1.29 is 14.3 Å². The number of fused-ring (bicyclic) bond motifs is 1. The first kappa shape index (κ1) is 18.5. The van der Waals surface area contributed by atoms with Gasteiger partial charge in [-0.25, -0.2) is 0 Å². The number of aromatic amines is 1. The van der Waals surface area contributed by atoms with Crippen LogP contribution in [0.25, 0.3) is 17.0 Å². The Kier molecular flexibility index (Phi) is 5.60. The molecule has 2 aromatic heterocycles. The first-order chi connectivity index (χ1) is 13.7. The summed E-state index contributed by atoms with van der Waals surface area (Å²) in [5, 5.41) is 1.61. The highest BCUT2D eigenvalue weighted by Gasteiger charge is 2.23. The second-order valence-electron chi connectivity index (χ2n) is 6.55. The maximum absolute atomic E-state index is 12.6. The van der Waals surface area contributed by atoms with E-state index in [0.717, 1.165) is 16.5 Å². The van der Waals surface area contributed by atoms with Crippen molar-refractivity contribution in [1.29, 1.82) is 0 Å². The lowest BCUT2D eigenvalue weighted by molar-refractivity contribution is -0.134. The molecule has 6 nitrogen and oxygen atoms in total. The van der Waals surface area contributed by atoms with E-state index in [4.69, 9.17) is 21.1 Å². The van der Waals surface area contributed by atoms with Crippen molar-refractivity contribution in [3.63, 3.8) is 0 Å². The first-order valence-corrected chi connectivity index (χ1v) is 9.45. The lowest BCUT2D eigenvalue weighted by Crippen LogP contribution is -2.47. The SMILES string of the molecule is O=C(/C=C/c1c[nH]c2ccccc12)N1CCOC(COc2cncc(Cl)c2)C1. The molecule has 3 aromatic rings.